The first-order chi connectivity index (χ1) is 11.3. The second-order valence-electron chi connectivity index (χ2n) is 8.22. The smallest absolute Gasteiger partial charge is 0.407 e. The van der Waals surface area contributed by atoms with Gasteiger partial charge in [0.1, 0.15) is 5.60 Å². The molecule has 0 saturated heterocycles. The van der Waals surface area contributed by atoms with Crippen molar-refractivity contribution < 1.29 is 14.3 Å². The fourth-order valence-electron chi connectivity index (χ4n) is 2.89. The van der Waals surface area contributed by atoms with Crippen LogP contribution in [0.2, 0.25) is 0 Å². The van der Waals surface area contributed by atoms with Crippen molar-refractivity contribution in [1.29, 1.82) is 0 Å². The summed E-state index contributed by atoms with van der Waals surface area (Å²) < 4.78 is 11.2. The Labute approximate surface area is 148 Å². The zero-order chi connectivity index (χ0) is 18.0. The minimum Gasteiger partial charge on any atom is -0.444 e. The molecule has 0 aliphatic heterocycles. The van der Waals surface area contributed by atoms with Gasteiger partial charge in [-0.2, -0.15) is 0 Å². The van der Waals surface area contributed by atoms with Crippen LogP contribution in [0.4, 0.5) is 4.79 Å². The standard InChI is InChI=1S/C19H38N2O3/c1-15(2)16(14-21-18(22)24-19(3,4)5)13-20-11-12-23-17-9-7-6-8-10-17/h15-17,20H,6-14H2,1-5H3,(H,21,22). The van der Waals surface area contributed by atoms with Gasteiger partial charge in [0, 0.05) is 13.1 Å². The first kappa shape index (κ1) is 21.2. The summed E-state index contributed by atoms with van der Waals surface area (Å²) in [4.78, 5) is 11.8. The molecule has 2 N–H and O–H groups in total. The highest BCUT2D eigenvalue weighted by Gasteiger charge is 2.19. The zero-order valence-corrected chi connectivity index (χ0v) is 16.3. The molecule has 0 heterocycles. The van der Waals surface area contributed by atoms with Crippen LogP contribution in [0.5, 0.6) is 0 Å². The first-order valence-electron chi connectivity index (χ1n) is 9.57. The van der Waals surface area contributed by atoms with Crippen LogP contribution in [0.25, 0.3) is 0 Å². The number of hydrogen-bond donors (Lipinski definition) is 2. The third-order valence-corrected chi connectivity index (χ3v) is 4.44. The quantitative estimate of drug-likeness (QED) is 0.627. The van der Waals surface area contributed by atoms with E-state index in [0.29, 0.717) is 24.5 Å². The van der Waals surface area contributed by atoms with Gasteiger partial charge >= 0.3 is 6.09 Å². The van der Waals surface area contributed by atoms with E-state index in [1.807, 2.05) is 20.8 Å². The van der Waals surface area contributed by atoms with E-state index in [0.717, 1.165) is 19.7 Å². The summed E-state index contributed by atoms with van der Waals surface area (Å²) >= 11 is 0. The average Bonchev–Trinajstić information content (AvgIpc) is 2.48. The Morgan fingerprint density at radius 1 is 1.12 bits per heavy atom. The molecule has 1 rings (SSSR count). The third-order valence-electron chi connectivity index (χ3n) is 4.44. The van der Waals surface area contributed by atoms with E-state index in [4.69, 9.17) is 9.47 Å². The van der Waals surface area contributed by atoms with Gasteiger partial charge < -0.3 is 20.1 Å². The van der Waals surface area contributed by atoms with Gasteiger partial charge in [-0.1, -0.05) is 33.1 Å². The molecule has 1 amide bonds. The summed E-state index contributed by atoms with van der Waals surface area (Å²) in [5.74, 6) is 0.874. The van der Waals surface area contributed by atoms with Crippen LogP contribution in [0.1, 0.15) is 66.7 Å². The van der Waals surface area contributed by atoms with Crippen molar-refractivity contribution in [2.75, 3.05) is 26.2 Å². The van der Waals surface area contributed by atoms with Crippen molar-refractivity contribution in [3.05, 3.63) is 0 Å². The summed E-state index contributed by atoms with van der Waals surface area (Å²) in [5.41, 5.74) is -0.452. The minimum atomic E-state index is -0.452. The maximum absolute atomic E-state index is 11.8. The van der Waals surface area contributed by atoms with Gasteiger partial charge in [-0.25, -0.2) is 4.79 Å². The maximum atomic E-state index is 11.8. The van der Waals surface area contributed by atoms with Crippen LogP contribution in [0, 0.1) is 11.8 Å². The number of ether oxygens (including phenoxy) is 2. The summed E-state index contributed by atoms with van der Waals surface area (Å²) in [6.45, 7) is 13.1. The summed E-state index contributed by atoms with van der Waals surface area (Å²) in [5, 5.41) is 6.34. The van der Waals surface area contributed by atoms with Crippen LogP contribution in [0.15, 0.2) is 0 Å². The molecule has 0 radical (unpaired) electrons. The molecule has 0 spiro atoms. The first-order valence-corrected chi connectivity index (χ1v) is 9.57. The van der Waals surface area contributed by atoms with Crippen molar-refractivity contribution in [2.24, 2.45) is 11.8 Å². The van der Waals surface area contributed by atoms with Crippen molar-refractivity contribution in [2.45, 2.75) is 78.4 Å². The van der Waals surface area contributed by atoms with Crippen molar-refractivity contribution in [3.63, 3.8) is 0 Å². The molecule has 5 nitrogen and oxygen atoms in total. The number of carbonyl (C=O) groups excluding carboxylic acids is 1. The van der Waals surface area contributed by atoms with Crippen LogP contribution in [-0.2, 0) is 9.47 Å². The molecule has 0 aromatic heterocycles. The number of rotatable bonds is 9. The SMILES string of the molecule is CC(C)C(CNCCOC1CCCCC1)CNC(=O)OC(C)(C)C. The monoisotopic (exact) mass is 342 g/mol. The average molecular weight is 343 g/mol. The fraction of sp³-hybridized carbons (Fsp3) is 0.947. The van der Waals surface area contributed by atoms with Gasteiger partial charge in [-0.05, 0) is 52.0 Å². The van der Waals surface area contributed by atoms with E-state index in [-0.39, 0.29) is 6.09 Å². The molecule has 1 aliphatic rings. The van der Waals surface area contributed by atoms with Crippen LogP contribution < -0.4 is 10.6 Å². The molecular formula is C19H38N2O3. The van der Waals surface area contributed by atoms with Crippen LogP contribution in [-0.4, -0.2) is 44.0 Å². The van der Waals surface area contributed by atoms with E-state index in [1.165, 1.54) is 32.1 Å². The molecule has 0 bridgehead atoms. The molecule has 142 valence electrons. The van der Waals surface area contributed by atoms with E-state index < -0.39 is 5.60 Å². The topological polar surface area (TPSA) is 59.6 Å². The molecule has 1 fully saturated rings. The number of hydrogen-bond acceptors (Lipinski definition) is 4. The summed E-state index contributed by atoms with van der Waals surface area (Å²) in [7, 11) is 0. The normalized spacial score (nSPS) is 17.8. The molecule has 0 aromatic rings. The Bertz CT molecular complexity index is 347. The largest absolute Gasteiger partial charge is 0.444 e. The van der Waals surface area contributed by atoms with Crippen molar-refractivity contribution in [1.82, 2.24) is 10.6 Å². The Morgan fingerprint density at radius 3 is 2.38 bits per heavy atom. The number of alkyl carbamates (subject to hydrolysis) is 1. The zero-order valence-electron chi connectivity index (χ0n) is 16.3. The molecule has 1 unspecified atom stereocenters. The Balaban J connectivity index is 2.15. The molecule has 5 heteroatoms. The van der Waals surface area contributed by atoms with Gasteiger partial charge in [0.25, 0.3) is 0 Å². The van der Waals surface area contributed by atoms with Crippen molar-refractivity contribution in [3.8, 4) is 0 Å². The molecular weight excluding hydrogens is 304 g/mol. The second-order valence-corrected chi connectivity index (χ2v) is 8.22. The maximum Gasteiger partial charge on any atom is 0.407 e. The molecule has 1 aliphatic carbocycles. The lowest BCUT2D eigenvalue weighted by Crippen LogP contribution is -2.40. The predicted molar refractivity (Wildman–Crippen MR) is 98.3 cm³/mol. The number of nitrogens with one attached hydrogen (secondary N) is 2. The number of amides is 1. The molecule has 1 saturated carbocycles. The van der Waals surface area contributed by atoms with Gasteiger partial charge in [0.2, 0.25) is 0 Å². The fourth-order valence-corrected chi connectivity index (χ4v) is 2.89. The van der Waals surface area contributed by atoms with Crippen LogP contribution >= 0.6 is 0 Å². The molecule has 1 atom stereocenters. The predicted octanol–water partition coefficient (Wildman–Crippen LogP) is 3.72. The Hall–Kier alpha value is -0.810. The molecule has 0 aromatic carbocycles. The Kier molecular flexibility index (Phi) is 9.67. The lowest BCUT2D eigenvalue weighted by atomic mass is 9.96. The lowest BCUT2D eigenvalue weighted by molar-refractivity contribution is 0.0297. The van der Waals surface area contributed by atoms with Gasteiger partial charge in [-0.3, -0.25) is 0 Å². The van der Waals surface area contributed by atoms with E-state index >= 15 is 0 Å². The van der Waals surface area contributed by atoms with E-state index in [9.17, 15) is 4.79 Å². The lowest BCUT2D eigenvalue weighted by Gasteiger charge is -2.25. The number of carbonyl (C=O) groups is 1. The van der Waals surface area contributed by atoms with Crippen molar-refractivity contribution >= 4 is 6.09 Å². The van der Waals surface area contributed by atoms with E-state index in [2.05, 4.69) is 24.5 Å². The molecule has 24 heavy (non-hydrogen) atoms. The van der Waals surface area contributed by atoms with Gasteiger partial charge in [0.05, 0.1) is 12.7 Å². The minimum absolute atomic E-state index is 0.339. The van der Waals surface area contributed by atoms with Gasteiger partial charge in [0.15, 0.2) is 0 Å². The summed E-state index contributed by atoms with van der Waals surface area (Å²) in [6, 6.07) is 0. The highest BCUT2D eigenvalue weighted by molar-refractivity contribution is 5.67. The highest BCUT2D eigenvalue weighted by atomic mass is 16.6. The third kappa shape index (κ3) is 10.1. The second kappa shape index (κ2) is 10.9. The summed E-state index contributed by atoms with van der Waals surface area (Å²) in [6.07, 6.45) is 6.54. The van der Waals surface area contributed by atoms with Crippen LogP contribution in [0.3, 0.4) is 0 Å². The highest BCUT2D eigenvalue weighted by Crippen LogP contribution is 2.19. The Morgan fingerprint density at radius 2 is 1.79 bits per heavy atom. The van der Waals surface area contributed by atoms with E-state index in [1.54, 1.807) is 0 Å². The van der Waals surface area contributed by atoms with Gasteiger partial charge in [-0.15, -0.1) is 0 Å².